The molecule has 0 atom stereocenters. The maximum absolute atomic E-state index is 12.7. The molecule has 21 heavy (non-hydrogen) atoms. The summed E-state index contributed by atoms with van der Waals surface area (Å²) in [6.07, 6.45) is 1.84. The highest BCUT2D eigenvalue weighted by Gasteiger charge is 2.19. The molecule has 0 spiro atoms. The second-order valence-corrected chi connectivity index (χ2v) is 4.73. The third kappa shape index (κ3) is 3.42. The average Bonchev–Trinajstić information content (AvgIpc) is 2.98. The lowest BCUT2D eigenvalue weighted by atomic mass is 10.1. The van der Waals surface area contributed by atoms with Crippen LogP contribution in [0.4, 0.5) is 5.69 Å². The number of nitrogens with zero attached hydrogens (tertiary/aromatic N) is 2. The zero-order chi connectivity index (χ0) is 15.2. The van der Waals surface area contributed by atoms with Gasteiger partial charge in [0, 0.05) is 17.8 Å². The van der Waals surface area contributed by atoms with Gasteiger partial charge in [-0.15, -0.1) is 0 Å². The van der Waals surface area contributed by atoms with E-state index in [0.717, 1.165) is 5.56 Å². The Hall–Kier alpha value is -2.74. The van der Waals surface area contributed by atoms with E-state index in [2.05, 4.69) is 6.07 Å². The predicted octanol–water partition coefficient (Wildman–Crippen LogP) is 2.73. The molecular weight excluding hydrogens is 266 g/mol. The van der Waals surface area contributed by atoms with Crippen LogP contribution in [0.3, 0.4) is 0 Å². The van der Waals surface area contributed by atoms with Gasteiger partial charge in [0.05, 0.1) is 25.3 Å². The van der Waals surface area contributed by atoms with Crippen molar-refractivity contribution in [2.75, 3.05) is 12.3 Å². The van der Waals surface area contributed by atoms with Crippen molar-refractivity contribution in [3.8, 4) is 6.07 Å². The van der Waals surface area contributed by atoms with Crippen molar-refractivity contribution in [2.45, 2.75) is 19.9 Å². The van der Waals surface area contributed by atoms with Gasteiger partial charge < -0.3 is 15.1 Å². The molecule has 5 heteroatoms. The maximum Gasteiger partial charge on any atom is 0.254 e. The zero-order valence-electron chi connectivity index (χ0n) is 11.9. The van der Waals surface area contributed by atoms with E-state index in [-0.39, 0.29) is 12.3 Å². The van der Waals surface area contributed by atoms with Crippen LogP contribution in [-0.2, 0) is 6.54 Å². The molecule has 0 radical (unpaired) electrons. The van der Waals surface area contributed by atoms with Crippen molar-refractivity contribution in [1.29, 1.82) is 5.26 Å². The first-order valence-corrected chi connectivity index (χ1v) is 6.67. The van der Waals surface area contributed by atoms with E-state index in [9.17, 15) is 4.79 Å². The van der Waals surface area contributed by atoms with Crippen LogP contribution in [0.15, 0.2) is 41.0 Å². The number of nitrogen functional groups attached to an aromatic ring is 1. The van der Waals surface area contributed by atoms with Crippen LogP contribution in [-0.4, -0.2) is 17.4 Å². The number of hydrogen-bond acceptors (Lipinski definition) is 4. The van der Waals surface area contributed by atoms with Crippen LogP contribution in [0.5, 0.6) is 0 Å². The fraction of sp³-hybridized carbons (Fsp3) is 0.250. The van der Waals surface area contributed by atoms with Crippen molar-refractivity contribution in [3.05, 3.63) is 53.5 Å². The highest BCUT2D eigenvalue weighted by atomic mass is 16.3. The Labute approximate surface area is 123 Å². The third-order valence-corrected chi connectivity index (χ3v) is 3.31. The molecule has 2 N–H and O–H groups in total. The molecule has 0 aliphatic heterocycles. The van der Waals surface area contributed by atoms with E-state index in [0.29, 0.717) is 30.1 Å². The van der Waals surface area contributed by atoms with Gasteiger partial charge in [0.25, 0.3) is 5.91 Å². The first-order chi connectivity index (χ1) is 10.1. The van der Waals surface area contributed by atoms with Crippen molar-refractivity contribution in [3.63, 3.8) is 0 Å². The number of benzene rings is 1. The molecule has 1 heterocycles. The lowest BCUT2D eigenvalue weighted by molar-refractivity contribution is 0.0734. The maximum atomic E-state index is 12.7. The van der Waals surface area contributed by atoms with Crippen LogP contribution in [0, 0.1) is 18.3 Å². The normalized spacial score (nSPS) is 10.1. The molecule has 0 saturated heterocycles. The van der Waals surface area contributed by atoms with Gasteiger partial charge in [0.2, 0.25) is 0 Å². The smallest absolute Gasteiger partial charge is 0.254 e. The van der Waals surface area contributed by atoms with Crippen molar-refractivity contribution in [2.24, 2.45) is 0 Å². The lowest BCUT2D eigenvalue weighted by Crippen LogP contribution is -2.32. The minimum Gasteiger partial charge on any atom is -0.467 e. The number of furan rings is 1. The molecule has 0 bridgehead atoms. The van der Waals surface area contributed by atoms with Gasteiger partial charge >= 0.3 is 0 Å². The van der Waals surface area contributed by atoms with Gasteiger partial charge in [-0.2, -0.15) is 5.26 Å². The number of amides is 1. The van der Waals surface area contributed by atoms with Crippen LogP contribution >= 0.6 is 0 Å². The van der Waals surface area contributed by atoms with Gasteiger partial charge in [-0.3, -0.25) is 4.79 Å². The Morgan fingerprint density at radius 1 is 1.38 bits per heavy atom. The number of rotatable bonds is 5. The van der Waals surface area contributed by atoms with Crippen molar-refractivity contribution >= 4 is 11.6 Å². The molecule has 0 fully saturated rings. The van der Waals surface area contributed by atoms with E-state index >= 15 is 0 Å². The summed E-state index contributed by atoms with van der Waals surface area (Å²) in [4.78, 5) is 14.3. The third-order valence-electron chi connectivity index (χ3n) is 3.31. The molecule has 0 aliphatic carbocycles. The second-order valence-electron chi connectivity index (χ2n) is 4.73. The van der Waals surface area contributed by atoms with E-state index in [1.54, 1.807) is 41.5 Å². The molecule has 5 nitrogen and oxygen atoms in total. The summed E-state index contributed by atoms with van der Waals surface area (Å²) >= 11 is 0. The van der Waals surface area contributed by atoms with Crippen LogP contribution in [0.1, 0.15) is 28.1 Å². The number of nitriles is 1. The Morgan fingerprint density at radius 3 is 2.86 bits per heavy atom. The van der Waals surface area contributed by atoms with Gasteiger partial charge in [-0.1, -0.05) is 6.07 Å². The Balaban J connectivity index is 2.25. The fourth-order valence-corrected chi connectivity index (χ4v) is 2.08. The summed E-state index contributed by atoms with van der Waals surface area (Å²) in [6.45, 7) is 2.50. The molecule has 2 rings (SSSR count). The molecule has 0 saturated carbocycles. The average molecular weight is 283 g/mol. The van der Waals surface area contributed by atoms with Gasteiger partial charge in [0.1, 0.15) is 5.76 Å². The number of hydrogen-bond donors (Lipinski definition) is 1. The predicted molar refractivity (Wildman–Crippen MR) is 79.3 cm³/mol. The minimum atomic E-state index is -0.147. The largest absolute Gasteiger partial charge is 0.467 e. The number of anilines is 1. The van der Waals surface area contributed by atoms with Crippen LogP contribution in [0.2, 0.25) is 0 Å². The van der Waals surface area contributed by atoms with Gasteiger partial charge in [0.15, 0.2) is 0 Å². The van der Waals surface area contributed by atoms with Crippen LogP contribution in [0.25, 0.3) is 0 Å². The molecule has 1 aromatic heterocycles. The summed E-state index contributed by atoms with van der Waals surface area (Å²) < 4.78 is 5.28. The Morgan fingerprint density at radius 2 is 2.19 bits per heavy atom. The summed E-state index contributed by atoms with van der Waals surface area (Å²) in [5.41, 5.74) is 7.74. The summed E-state index contributed by atoms with van der Waals surface area (Å²) in [5, 5.41) is 8.76. The Bertz CT molecular complexity index is 657. The quantitative estimate of drug-likeness (QED) is 0.855. The molecule has 1 amide bonds. The molecule has 0 unspecified atom stereocenters. The van der Waals surface area contributed by atoms with E-state index in [1.807, 2.05) is 6.92 Å². The second kappa shape index (κ2) is 6.62. The molecular formula is C16H17N3O2. The molecule has 108 valence electrons. The zero-order valence-corrected chi connectivity index (χ0v) is 11.9. The monoisotopic (exact) mass is 283 g/mol. The number of carbonyl (C=O) groups excluding carboxylic acids is 1. The standard InChI is InChI=1S/C16H17N3O2/c1-12-14(6-2-7-15(12)18)16(20)19(9-4-8-17)11-13-5-3-10-21-13/h2-3,5-7,10H,4,9,11,18H2,1H3. The van der Waals surface area contributed by atoms with Crippen molar-refractivity contribution in [1.82, 2.24) is 4.90 Å². The highest BCUT2D eigenvalue weighted by molar-refractivity contribution is 5.96. The van der Waals surface area contributed by atoms with Crippen molar-refractivity contribution < 1.29 is 9.21 Å². The fourth-order valence-electron chi connectivity index (χ4n) is 2.08. The summed E-state index contributed by atoms with van der Waals surface area (Å²) in [7, 11) is 0. The van der Waals surface area contributed by atoms with Gasteiger partial charge in [-0.05, 0) is 36.8 Å². The topological polar surface area (TPSA) is 83.3 Å². The van der Waals surface area contributed by atoms with Gasteiger partial charge in [-0.25, -0.2) is 0 Å². The summed E-state index contributed by atoms with van der Waals surface area (Å²) in [5.74, 6) is 0.536. The molecule has 2 aromatic rings. The van der Waals surface area contributed by atoms with E-state index in [1.165, 1.54) is 0 Å². The SMILES string of the molecule is Cc1c(N)cccc1C(=O)N(CCC#N)Cc1ccco1. The molecule has 1 aromatic carbocycles. The Kier molecular flexibility index (Phi) is 4.62. The minimum absolute atomic E-state index is 0.147. The lowest BCUT2D eigenvalue weighted by Gasteiger charge is -2.21. The van der Waals surface area contributed by atoms with Crippen LogP contribution < -0.4 is 5.73 Å². The van der Waals surface area contributed by atoms with E-state index < -0.39 is 0 Å². The number of carbonyl (C=O) groups is 1. The number of nitrogens with two attached hydrogens (primary N) is 1. The molecule has 0 aliphatic rings. The first-order valence-electron chi connectivity index (χ1n) is 6.67. The summed E-state index contributed by atoms with van der Waals surface area (Å²) in [6, 6.07) is 10.9. The first kappa shape index (κ1) is 14.7. The highest BCUT2D eigenvalue weighted by Crippen LogP contribution is 2.19. The van der Waals surface area contributed by atoms with E-state index in [4.69, 9.17) is 15.4 Å².